The van der Waals surface area contributed by atoms with Crippen molar-refractivity contribution in [1.82, 2.24) is 9.97 Å². The van der Waals surface area contributed by atoms with E-state index >= 15 is 0 Å². The van der Waals surface area contributed by atoms with Gasteiger partial charge in [0.2, 0.25) is 5.95 Å². The number of hydrogen-bond acceptors (Lipinski definition) is 4. The molecule has 1 saturated carbocycles. The summed E-state index contributed by atoms with van der Waals surface area (Å²) < 4.78 is 24.5. The maximum atomic E-state index is 13.6. The molecule has 1 saturated heterocycles. The van der Waals surface area contributed by atoms with E-state index in [1.54, 1.807) is 6.20 Å². The highest BCUT2D eigenvalue weighted by Gasteiger charge is 2.38. The lowest BCUT2D eigenvalue weighted by atomic mass is 10.0. The summed E-state index contributed by atoms with van der Waals surface area (Å²) in [6.07, 6.45) is 9.58. The Morgan fingerprint density at radius 2 is 1.82 bits per heavy atom. The Kier molecular flexibility index (Phi) is 4.33. The Bertz CT molecular complexity index is 1130. The first-order valence-electron chi connectivity index (χ1n) is 9.87. The average molecular weight is 395 g/mol. The number of pyridine rings is 2. The second-order valence-electron chi connectivity index (χ2n) is 7.92. The van der Waals surface area contributed by atoms with E-state index in [1.165, 1.54) is 25.1 Å². The summed E-state index contributed by atoms with van der Waals surface area (Å²) in [4.78, 5) is 7.95. The van der Waals surface area contributed by atoms with Crippen molar-refractivity contribution < 1.29 is 4.39 Å². The third-order valence-electron chi connectivity index (χ3n) is 5.96. The standard InChI is InChI=1S/C22H23FN4S/c23-22-13-15(4-8-26-22)17-11-16-3-7-25-14-20(16)21(12-17)27-18-5-9-28(24,10-6-18)19-1-2-19/h3-4,7-8,11-14,18-19,27H,1-2,5-6,9-10H2. The second kappa shape index (κ2) is 6.87. The molecule has 1 aliphatic carbocycles. The van der Waals surface area contributed by atoms with Crippen molar-refractivity contribution in [2.45, 2.75) is 37.0 Å². The van der Waals surface area contributed by atoms with Crippen LogP contribution in [-0.4, -0.2) is 32.8 Å². The number of hydrogen-bond donors (Lipinski definition) is 1. The lowest BCUT2D eigenvalue weighted by Gasteiger charge is -2.31. The molecular formula is C22H23FN4S. The molecule has 3 heterocycles. The molecule has 1 aliphatic heterocycles. The molecule has 28 heavy (non-hydrogen) atoms. The molecular weight excluding hydrogens is 371 g/mol. The number of fused-ring (bicyclic) bond motifs is 1. The topological polar surface area (TPSA) is 61.6 Å². The highest BCUT2D eigenvalue weighted by Crippen LogP contribution is 2.53. The first kappa shape index (κ1) is 17.7. The van der Waals surface area contributed by atoms with Crippen molar-refractivity contribution in [1.29, 1.82) is 4.61 Å². The van der Waals surface area contributed by atoms with Crippen LogP contribution in [0.3, 0.4) is 0 Å². The van der Waals surface area contributed by atoms with Crippen LogP contribution in [0, 0.1) is 10.6 Å². The van der Waals surface area contributed by atoms with Crippen LogP contribution in [0.1, 0.15) is 25.7 Å². The van der Waals surface area contributed by atoms with E-state index in [4.69, 9.17) is 0 Å². The van der Waals surface area contributed by atoms with Gasteiger partial charge in [-0.1, -0.05) is 9.66 Å². The van der Waals surface area contributed by atoms with Crippen molar-refractivity contribution in [3.63, 3.8) is 0 Å². The van der Waals surface area contributed by atoms with E-state index < -0.39 is 15.6 Å². The van der Waals surface area contributed by atoms with Gasteiger partial charge in [-0.3, -0.25) is 4.98 Å². The van der Waals surface area contributed by atoms with E-state index in [1.807, 2.05) is 18.3 Å². The van der Waals surface area contributed by atoms with E-state index in [0.717, 1.165) is 51.9 Å². The van der Waals surface area contributed by atoms with Gasteiger partial charge in [-0.05, 0) is 66.5 Å². The van der Waals surface area contributed by atoms with Gasteiger partial charge in [0.25, 0.3) is 0 Å². The fourth-order valence-corrected chi connectivity index (χ4v) is 7.48. The lowest BCUT2D eigenvalue weighted by Crippen LogP contribution is -2.28. The Hall–Kier alpha value is -2.43. The molecule has 0 atom stereocenters. The molecule has 0 unspecified atom stereocenters. The van der Waals surface area contributed by atoms with Crippen LogP contribution in [0.4, 0.5) is 10.1 Å². The number of halogens is 1. The van der Waals surface area contributed by atoms with Crippen molar-refractivity contribution in [3.8, 4) is 11.1 Å². The summed E-state index contributed by atoms with van der Waals surface area (Å²) in [5, 5.41) is 6.44. The zero-order chi connectivity index (χ0) is 19.1. The summed E-state index contributed by atoms with van der Waals surface area (Å²) in [5.74, 6) is 1.41. The van der Waals surface area contributed by atoms with Crippen LogP contribution >= 0.6 is 9.66 Å². The van der Waals surface area contributed by atoms with Crippen LogP contribution in [0.5, 0.6) is 0 Å². The number of rotatable bonds is 3. The Labute approximate surface area is 165 Å². The SMILES string of the molecule is N#S1(C2CC2)CCC(Nc2cc(-c3ccnc(F)c3)cc3ccncc23)CC1. The fraction of sp³-hybridized carbons (Fsp3) is 0.364. The predicted octanol–water partition coefficient (Wildman–Crippen LogP) is 5.46. The van der Waals surface area contributed by atoms with Crippen molar-refractivity contribution in [2.75, 3.05) is 16.8 Å². The zero-order valence-corrected chi connectivity index (χ0v) is 16.5. The van der Waals surface area contributed by atoms with Crippen LogP contribution in [0.2, 0.25) is 0 Å². The number of benzene rings is 1. The van der Waals surface area contributed by atoms with Gasteiger partial charge in [-0.2, -0.15) is 4.39 Å². The van der Waals surface area contributed by atoms with E-state index in [0.29, 0.717) is 11.3 Å². The first-order chi connectivity index (χ1) is 13.6. The molecule has 6 heteroatoms. The van der Waals surface area contributed by atoms with Gasteiger partial charge in [0.05, 0.1) is 0 Å². The average Bonchev–Trinajstić information content (AvgIpc) is 3.56. The van der Waals surface area contributed by atoms with Gasteiger partial charge in [0.15, 0.2) is 0 Å². The number of aromatic nitrogens is 2. The minimum Gasteiger partial charge on any atom is -0.382 e. The minimum absolute atomic E-state index is 0.347. The third kappa shape index (κ3) is 3.38. The molecule has 144 valence electrons. The molecule has 0 amide bonds. The molecule has 2 aliphatic rings. The smallest absolute Gasteiger partial charge is 0.213 e. The summed E-state index contributed by atoms with van der Waals surface area (Å²) >= 11 is 0. The summed E-state index contributed by atoms with van der Waals surface area (Å²) in [6.45, 7) is 0. The summed E-state index contributed by atoms with van der Waals surface area (Å²) in [7, 11) is -1.37. The van der Waals surface area contributed by atoms with Crippen LogP contribution in [0.25, 0.3) is 21.9 Å². The van der Waals surface area contributed by atoms with Crippen molar-refractivity contribution in [2.24, 2.45) is 0 Å². The van der Waals surface area contributed by atoms with Gasteiger partial charge >= 0.3 is 0 Å². The van der Waals surface area contributed by atoms with Gasteiger partial charge in [0, 0.05) is 58.5 Å². The zero-order valence-electron chi connectivity index (χ0n) is 15.6. The minimum atomic E-state index is -1.37. The monoisotopic (exact) mass is 394 g/mol. The molecule has 0 bridgehead atoms. The Balaban J connectivity index is 1.46. The largest absolute Gasteiger partial charge is 0.382 e. The highest BCUT2D eigenvalue weighted by atomic mass is 32.2. The van der Waals surface area contributed by atoms with Gasteiger partial charge < -0.3 is 5.32 Å². The van der Waals surface area contributed by atoms with Crippen LogP contribution in [-0.2, 0) is 0 Å². The quantitative estimate of drug-likeness (QED) is 0.600. The van der Waals surface area contributed by atoms with Crippen molar-refractivity contribution in [3.05, 3.63) is 54.9 Å². The molecule has 2 aromatic heterocycles. The maximum absolute atomic E-state index is 13.6. The molecule has 0 spiro atoms. The molecule has 5 rings (SSSR count). The summed E-state index contributed by atoms with van der Waals surface area (Å²) in [6, 6.07) is 9.76. The fourth-order valence-electron chi connectivity index (χ4n) is 4.21. The van der Waals surface area contributed by atoms with E-state index in [-0.39, 0.29) is 0 Å². The Morgan fingerprint density at radius 3 is 2.57 bits per heavy atom. The lowest BCUT2D eigenvalue weighted by molar-refractivity contribution is 0.584. The van der Waals surface area contributed by atoms with Crippen molar-refractivity contribution >= 4 is 26.1 Å². The first-order valence-corrected chi connectivity index (χ1v) is 11.9. The summed E-state index contributed by atoms with van der Waals surface area (Å²) in [5.41, 5.74) is 2.79. The number of nitrogens with zero attached hydrogens (tertiary/aromatic N) is 3. The normalized spacial score (nSPS) is 24.9. The van der Waals surface area contributed by atoms with Crippen LogP contribution in [0.15, 0.2) is 48.9 Å². The van der Waals surface area contributed by atoms with Gasteiger partial charge in [0.1, 0.15) is 0 Å². The van der Waals surface area contributed by atoms with E-state index in [2.05, 4.69) is 27.4 Å². The molecule has 1 N–H and O–H groups in total. The molecule has 1 aromatic carbocycles. The molecule has 3 aromatic rings. The maximum Gasteiger partial charge on any atom is 0.213 e. The van der Waals surface area contributed by atoms with Gasteiger partial charge in [-0.15, -0.1) is 0 Å². The number of anilines is 1. The Morgan fingerprint density at radius 1 is 1.00 bits per heavy atom. The van der Waals surface area contributed by atoms with Crippen LogP contribution < -0.4 is 5.32 Å². The molecule has 0 radical (unpaired) electrons. The van der Waals surface area contributed by atoms with E-state index in [9.17, 15) is 9.00 Å². The second-order valence-corrected chi connectivity index (χ2v) is 11.2. The predicted molar refractivity (Wildman–Crippen MR) is 114 cm³/mol. The molecule has 2 fully saturated rings. The highest BCUT2D eigenvalue weighted by molar-refractivity contribution is 8.22. The number of nitrogens with one attached hydrogen (secondary N) is 1. The van der Waals surface area contributed by atoms with Gasteiger partial charge in [-0.25, -0.2) is 9.59 Å². The third-order valence-corrected chi connectivity index (χ3v) is 9.56. The molecule has 4 nitrogen and oxygen atoms in total.